The molecule has 3 aromatic heterocycles. The summed E-state index contributed by atoms with van der Waals surface area (Å²) in [6.45, 7) is 12.0. The van der Waals surface area contributed by atoms with Gasteiger partial charge in [0.05, 0.1) is 0 Å². The van der Waals surface area contributed by atoms with Crippen molar-refractivity contribution in [1.82, 2.24) is 9.97 Å². The summed E-state index contributed by atoms with van der Waals surface area (Å²) in [6.07, 6.45) is 3.48. The van der Waals surface area contributed by atoms with E-state index in [1.54, 1.807) is 12.4 Å². The predicted molar refractivity (Wildman–Crippen MR) is 83.4 cm³/mol. The van der Waals surface area contributed by atoms with Crippen LogP contribution < -0.4 is 0 Å². The Balaban J connectivity index is 0.000000482. The number of aromatic nitrogens is 2. The van der Waals surface area contributed by atoms with Crippen molar-refractivity contribution >= 4 is 22.2 Å². The van der Waals surface area contributed by atoms with E-state index in [1.165, 1.54) is 0 Å². The third-order valence-electron chi connectivity index (χ3n) is 1.99. The Morgan fingerprint density at radius 1 is 0.684 bits per heavy atom. The molecular weight excluding hydrogens is 236 g/mol. The van der Waals surface area contributed by atoms with E-state index in [0.717, 1.165) is 22.2 Å². The molecule has 0 unspecified atom stereocenters. The van der Waals surface area contributed by atoms with Crippen molar-refractivity contribution in [2.24, 2.45) is 0 Å². The first-order valence-electron chi connectivity index (χ1n) is 7.03. The van der Waals surface area contributed by atoms with E-state index < -0.39 is 0 Å². The maximum absolute atomic E-state index is 5.53. The van der Waals surface area contributed by atoms with Gasteiger partial charge in [-0.1, -0.05) is 41.5 Å². The summed E-state index contributed by atoms with van der Waals surface area (Å²) in [6, 6.07) is 7.49. The van der Waals surface area contributed by atoms with Gasteiger partial charge < -0.3 is 4.42 Å². The molecule has 0 aliphatic heterocycles. The first-order chi connectivity index (χ1) is 9.45. The number of furan rings is 1. The van der Waals surface area contributed by atoms with Gasteiger partial charge in [0.1, 0.15) is 11.0 Å². The zero-order valence-electron chi connectivity index (χ0n) is 12.8. The molecule has 3 rings (SSSR count). The highest BCUT2D eigenvalue weighted by molar-refractivity contribution is 5.99. The van der Waals surface area contributed by atoms with Crippen LogP contribution in [0.25, 0.3) is 22.2 Å². The number of nitrogens with zero attached hydrogens (tertiary/aromatic N) is 2. The Kier molecular flexibility index (Phi) is 9.06. The van der Waals surface area contributed by atoms with Crippen LogP contribution in [0.4, 0.5) is 0 Å². The van der Waals surface area contributed by atoms with Crippen molar-refractivity contribution in [3.8, 4) is 0 Å². The lowest BCUT2D eigenvalue weighted by atomic mass is 10.3. The number of hydrogen-bond donors (Lipinski definition) is 0. The molecule has 0 N–H and O–H groups in total. The van der Waals surface area contributed by atoms with Crippen LogP contribution in [0.2, 0.25) is 0 Å². The monoisotopic (exact) mass is 260 g/mol. The Bertz CT molecular complexity index is 523. The van der Waals surface area contributed by atoms with Gasteiger partial charge in [-0.05, 0) is 24.3 Å². The molecule has 0 amide bonds. The summed E-state index contributed by atoms with van der Waals surface area (Å²) in [5.41, 5.74) is 3.24. The first-order valence-corrected chi connectivity index (χ1v) is 7.03. The molecule has 19 heavy (non-hydrogen) atoms. The molecule has 0 aliphatic carbocycles. The topological polar surface area (TPSA) is 38.9 Å². The molecule has 3 heteroatoms. The quantitative estimate of drug-likeness (QED) is 0.539. The Labute approximate surface area is 115 Å². The summed E-state index contributed by atoms with van der Waals surface area (Å²) >= 11 is 0. The fourth-order valence-electron chi connectivity index (χ4n) is 1.42. The van der Waals surface area contributed by atoms with Crippen LogP contribution in [0.15, 0.2) is 41.1 Å². The summed E-state index contributed by atoms with van der Waals surface area (Å²) in [5.74, 6) is 0. The maximum atomic E-state index is 5.53. The minimum absolute atomic E-state index is 0.788. The molecule has 0 saturated heterocycles. The van der Waals surface area contributed by atoms with Gasteiger partial charge in [-0.3, -0.25) is 9.97 Å². The average molecular weight is 260 g/mol. The molecule has 0 aromatic carbocycles. The SMILES string of the molecule is CC.CC.CC.c1cnc2c(c1)oc1cccnc12. The summed E-state index contributed by atoms with van der Waals surface area (Å²) in [5, 5.41) is 0. The summed E-state index contributed by atoms with van der Waals surface area (Å²) in [7, 11) is 0. The lowest BCUT2D eigenvalue weighted by molar-refractivity contribution is 0.667. The molecule has 3 nitrogen and oxygen atoms in total. The van der Waals surface area contributed by atoms with Gasteiger partial charge in [0.2, 0.25) is 0 Å². The van der Waals surface area contributed by atoms with E-state index in [-0.39, 0.29) is 0 Å². The highest BCUT2D eigenvalue weighted by atomic mass is 16.3. The van der Waals surface area contributed by atoms with E-state index in [4.69, 9.17) is 4.42 Å². The fraction of sp³-hybridized carbons (Fsp3) is 0.375. The highest BCUT2D eigenvalue weighted by Crippen LogP contribution is 2.23. The third kappa shape index (κ3) is 4.05. The maximum Gasteiger partial charge on any atom is 0.155 e. The zero-order valence-corrected chi connectivity index (χ0v) is 12.8. The van der Waals surface area contributed by atoms with Crippen LogP contribution in [0.1, 0.15) is 41.5 Å². The van der Waals surface area contributed by atoms with Gasteiger partial charge in [-0.2, -0.15) is 0 Å². The number of fused-ring (bicyclic) bond motifs is 3. The molecule has 0 fully saturated rings. The van der Waals surface area contributed by atoms with Gasteiger partial charge in [0.15, 0.2) is 11.2 Å². The van der Waals surface area contributed by atoms with Crippen LogP contribution in [-0.2, 0) is 0 Å². The summed E-state index contributed by atoms with van der Waals surface area (Å²) < 4.78 is 5.53. The predicted octanol–water partition coefficient (Wildman–Crippen LogP) is 5.45. The Morgan fingerprint density at radius 3 is 1.42 bits per heavy atom. The van der Waals surface area contributed by atoms with Crippen LogP contribution >= 0.6 is 0 Å². The van der Waals surface area contributed by atoms with E-state index in [0.29, 0.717) is 0 Å². The van der Waals surface area contributed by atoms with Crippen LogP contribution in [-0.4, -0.2) is 9.97 Å². The minimum Gasteiger partial charge on any atom is -0.453 e. The van der Waals surface area contributed by atoms with E-state index in [1.807, 2.05) is 65.8 Å². The largest absolute Gasteiger partial charge is 0.453 e. The van der Waals surface area contributed by atoms with Gasteiger partial charge >= 0.3 is 0 Å². The molecule has 3 aromatic rings. The van der Waals surface area contributed by atoms with Crippen molar-refractivity contribution in [2.45, 2.75) is 41.5 Å². The second-order valence-electron chi connectivity index (χ2n) is 2.80. The molecular formula is C16H24N2O. The molecule has 0 radical (unpaired) electrons. The lowest BCUT2D eigenvalue weighted by Crippen LogP contribution is -1.74. The van der Waals surface area contributed by atoms with E-state index in [2.05, 4.69) is 9.97 Å². The third-order valence-corrected chi connectivity index (χ3v) is 1.99. The zero-order chi connectivity index (χ0) is 14.7. The van der Waals surface area contributed by atoms with Crippen LogP contribution in [0, 0.1) is 0 Å². The van der Waals surface area contributed by atoms with Crippen molar-refractivity contribution in [3.05, 3.63) is 36.7 Å². The lowest BCUT2D eigenvalue weighted by Gasteiger charge is -1.83. The molecule has 0 saturated carbocycles. The highest BCUT2D eigenvalue weighted by Gasteiger charge is 2.06. The van der Waals surface area contributed by atoms with Crippen LogP contribution in [0.3, 0.4) is 0 Å². The Hall–Kier alpha value is -1.90. The van der Waals surface area contributed by atoms with E-state index >= 15 is 0 Å². The van der Waals surface area contributed by atoms with Crippen molar-refractivity contribution < 1.29 is 4.42 Å². The second kappa shape index (κ2) is 10.1. The molecule has 0 atom stereocenters. The molecule has 0 spiro atoms. The van der Waals surface area contributed by atoms with Gasteiger partial charge in [-0.25, -0.2) is 0 Å². The van der Waals surface area contributed by atoms with Crippen molar-refractivity contribution in [2.75, 3.05) is 0 Å². The van der Waals surface area contributed by atoms with Crippen molar-refractivity contribution in [1.29, 1.82) is 0 Å². The minimum atomic E-state index is 0.788. The van der Waals surface area contributed by atoms with Gasteiger partial charge in [-0.15, -0.1) is 0 Å². The average Bonchev–Trinajstić information content (AvgIpc) is 2.92. The number of hydrogen-bond acceptors (Lipinski definition) is 3. The number of pyridine rings is 2. The Morgan fingerprint density at radius 2 is 1.05 bits per heavy atom. The molecule has 104 valence electrons. The standard InChI is InChI=1S/C10H6N2O.3C2H6/c1-3-7-9(11-5-1)10-8(13-7)4-2-6-12-10;3*1-2/h1-6H;3*1-2H3. The van der Waals surface area contributed by atoms with Crippen LogP contribution in [0.5, 0.6) is 0 Å². The molecule has 0 bridgehead atoms. The molecule has 3 heterocycles. The second-order valence-corrected chi connectivity index (χ2v) is 2.80. The van der Waals surface area contributed by atoms with Gasteiger partial charge in [0, 0.05) is 12.4 Å². The normalized spacial score (nSPS) is 8.53. The fourth-order valence-corrected chi connectivity index (χ4v) is 1.42. The van der Waals surface area contributed by atoms with Crippen molar-refractivity contribution in [3.63, 3.8) is 0 Å². The molecule has 0 aliphatic rings. The first kappa shape index (κ1) is 17.1. The van der Waals surface area contributed by atoms with Gasteiger partial charge in [0.25, 0.3) is 0 Å². The number of rotatable bonds is 0. The summed E-state index contributed by atoms with van der Waals surface area (Å²) in [4.78, 5) is 8.43. The van der Waals surface area contributed by atoms with E-state index in [9.17, 15) is 0 Å². The smallest absolute Gasteiger partial charge is 0.155 e.